The van der Waals surface area contributed by atoms with Gasteiger partial charge >= 0.3 is 6.03 Å². The molecule has 3 heterocycles. The lowest BCUT2D eigenvalue weighted by Gasteiger charge is -2.46. The lowest BCUT2D eigenvalue weighted by Crippen LogP contribution is -2.58. The minimum absolute atomic E-state index is 0.120. The molecule has 1 N–H and O–H groups in total. The van der Waals surface area contributed by atoms with Crippen LogP contribution in [0.1, 0.15) is 38.5 Å². The van der Waals surface area contributed by atoms with Gasteiger partial charge in [-0.1, -0.05) is 6.42 Å². The van der Waals surface area contributed by atoms with Crippen molar-refractivity contribution in [3.8, 4) is 0 Å². The third-order valence-electron chi connectivity index (χ3n) is 7.39. The summed E-state index contributed by atoms with van der Waals surface area (Å²) in [6.07, 6.45) is 8.62. The Hall–Kier alpha value is -1.68. The number of nitrogens with one attached hydrogen (secondary N) is 1. The number of hydrogen-bond donors (Lipinski definition) is 1. The molecule has 3 aliphatic heterocycles. The van der Waals surface area contributed by atoms with E-state index in [1.807, 2.05) is 4.90 Å². The summed E-state index contributed by atoms with van der Waals surface area (Å²) in [7, 11) is -3.24. The Balaban J connectivity index is 1.14. The van der Waals surface area contributed by atoms with Gasteiger partial charge in [0.05, 0.1) is 11.5 Å². The van der Waals surface area contributed by atoms with Crippen molar-refractivity contribution >= 4 is 21.6 Å². The number of amides is 2. The molecule has 1 aromatic rings. The lowest BCUT2D eigenvalue weighted by molar-refractivity contribution is 0.00834. The van der Waals surface area contributed by atoms with E-state index in [0.29, 0.717) is 24.2 Å². The summed E-state index contributed by atoms with van der Waals surface area (Å²) in [6.45, 7) is 8.75. The first kappa shape index (κ1) is 25.4. The van der Waals surface area contributed by atoms with Gasteiger partial charge in [0.1, 0.15) is 0 Å². The van der Waals surface area contributed by atoms with Crippen LogP contribution in [0.2, 0.25) is 0 Å². The van der Waals surface area contributed by atoms with Crippen LogP contribution in [0.25, 0.3) is 0 Å². The van der Waals surface area contributed by atoms with Crippen LogP contribution in [0, 0.1) is 5.92 Å². The van der Waals surface area contributed by atoms with Crippen molar-refractivity contribution in [2.24, 2.45) is 5.92 Å². The monoisotopic (exact) mass is 492 g/mol. The van der Waals surface area contributed by atoms with Crippen molar-refractivity contribution in [1.29, 1.82) is 0 Å². The Labute approximate surface area is 204 Å². The van der Waals surface area contributed by atoms with Crippen LogP contribution in [0.4, 0.5) is 10.5 Å². The summed E-state index contributed by atoms with van der Waals surface area (Å²) in [4.78, 5) is 20.0. The van der Waals surface area contributed by atoms with E-state index in [4.69, 9.17) is 4.74 Å². The zero-order chi connectivity index (χ0) is 24.0. The quantitative estimate of drug-likeness (QED) is 0.562. The first-order valence-corrected chi connectivity index (χ1v) is 14.7. The maximum atomic E-state index is 12.8. The SMILES string of the molecule is CS(=O)(=O)c1ccc(NC(=O)N2CCN3CC(COCCCN4CCCCC4)CCC3C2)cc1. The molecule has 0 spiro atoms. The van der Waals surface area contributed by atoms with E-state index < -0.39 is 9.84 Å². The number of urea groups is 1. The van der Waals surface area contributed by atoms with E-state index in [9.17, 15) is 13.2 Å². The first-order chi connectivity index (χ1) is 16.4. The highest BCUT2D eigenvalue weighted by atomic mass is 32.2. The zero-order valence-electron chi connectivity index (χ0n) is 20.5. The van der Waals surface area contributed by atoms with Crippen molar-refractivity contribution in [1.82, 2.24) is 14.7 Å². The van der Waals surface area contributed by atoms with Gasteiger partial charge in [0.25, 0.3) is 0 Å². The predicted octanol–water partition coefficient (Wildman–Crippen LogP) is 2.91. The zero-order valence-corrected chi connectivity index (χ0v) is 21.3. The molecule has 0 saturated carbocycles. The second-order valence-electron chi connectivity index (χ2n) is 10.1. The van der Waals surface area contributed by atoms with Gasteiger partial charge in [-0.25, -0.2) is 13.2 Å². The van der Waals surface area contributed by atoms with Crippen molar-refractivity contribution in [2.75, 3.05) is 70.6 Å². The molecule has 9 heteroatoms. The van der Waals surface area contributed by atoms with Crippen LogP contribution in [-0.4, -0.2) is 100 Å². The van der Waals surface area contributed by atoms with Crippen LogP contribution in [0.5, 0.6) is 0 Å². The Morgan fingerprint density at radius 2 is 1.79 bits per heavy atom. The number of nitrogens with zero attached hydrogens (tertiary/aromatic N) is 3. The van der Waals surface area contributed by atoms with Gasteiger partial charge in [0.2, 0.25) is 0 Å². The molecule has 4 rings (SSSR count). The highest BCUT2D eigenvalue weighted by Gasteiger charge is 2.34. The second kappa shape index (κ2) is 11.8. The molecule has 0 aliphatic carbocycles. The molecule has 3 fully saturated rings. The van der Waals surface area contributed by atoms with E-state index in [1.165, 1.54) is 57.3 Å². The van der Waals surface area contributed by atoms with Gasteiger partial charge in [-0.15, -0.1) is 0 Å². The number of sulfone groups is 1. The molecule has 0 radical (unpaired) electrons. The van der Waals surface area contributed by atoms with E-state index in [1.54, 1.807) is 12.1 Å². The van der Waals surface area contributed by atoms with Gasteiger partial charge in [0, 0.05) is 57.3 Å². The van der Waals surface area contributed by atoms with Gasteiger partial charge < -0.3 is 19.9 Å². The lowest BCUT2D eigenvalue weighted by atomic mass is 9.91. The Morgan fingerprint density at radius 3 is 2.53 bits per heavy atom. The number of ether oxygens (including phenoxy) is 1. The molecular weight excluding hydrogens is 452 g/mol. The molecule has 2 unspecified atom stereocenters. The molecule has 0 bridgehead atoms. The van der Waals surface area contributed by atoms with Crippen LogP contribution in [-0.2, 0) is 14.6 Å². The molecule has 0 aromatic heterocycles. The van der Waals surface area contributed by atoms with E-state index in [0.717, 1.165) is 52.1 Å². The Morgan fingerprint density at radius 1 is 1.03 bits per heavy atom. The maximum Gasteiger partial charge on any atom is 0.321 e. The summed E-state index contributed by atoms with van der Waals surface area (Å²) >= 11 is 0. The molecular formula is C25H40N4O4S. The maximum absolute atomic E-state index is 12.8. The molecule has 3 saturated heterocycles. The summed E-state index contributed by atoms with van der Waals surface area (Å²) in [5.74, 6) is 0.583. The number of carbonyl (C=O) groups is 1. The number of carbonyl (C=O) groups excluding carboxylic acids is 1. The Bertz CT molecular complexity index is 902. The first-order valence-electron chi connectivity index (χ1n) is 12.8. The molecule has 3 aliphatic rings. The molecule has 2 atom stereocenters. The summed E-state index contributed by atoms with van der Waals surface area (Å²) < 4.78 is 29.2. The molecule has 8 nitrogen and oxygen atoms in total. The van der Waals surface area contributed by atoms with Gasteiger partial charge in [-0.05, 0) is 75.4 Å². The van der Waals surface area contributed by atoms with Crippen molar-refractivity contribution in [3.05, 3.63) is 24.3 Å². The minimum Gasteiger partial charge on any atom is -0.381 e. The van der Waals surface area contributed by atoms with Crippen LogP contribution in [0.3, 0.4) is 0 Å². The second-order valence-corrected chi connectivity index (χ2v) is 12.1. The third kappa shape index (κ3) is 7.16. The molecule has 34 heavy (non-hydrogen) atoms. The number of piperazine rings is 1. The van der Waals surface area contributed by atoms with E-state index >= 15 is 0 Å². The fourth-order valence-electron chi connectivity index (χ4n) is 5.39. The van der Waals surface area contributed by atoms with Crippen molar-refractivity contribution in [2.45, 2.75) is 49.5 Å². The van der Waals surface area contributed by atoms with Crippen LogP contribution < -0.4 is 5.32 Å². The number of likely N-dealkylation sites (tertiary alicyclic amines) is 1. The normalized spacial score (nSPS) is 24.6. The fraction of sp³-hybridized carbons (Fsp3) is 0.720. The average molecular weight is 493 g/mol. The standard InChI is InChI=1S/C25H40N4O4S/c1-34(31,32)24-10-7-22(8-11-24)26-25(30)29-16-15-28-18-21(6-9-23(28)19-29)20-33-17-5-14-27-12-3-2-4-13-27/h7-8,10-11,21,23H,2-6,9,12-20H2,1H3,(H,26,30). The topological polar surface area (TPSA) is 82.2 Å². The fourth-order valence-corrected chi connectivity index (χ4v) is 6.02. The number of hydrogen-bond acceptors (Lipinski definition) is 6. The number of anilines is 1. The number of fused-ring (bicyclic) bond motifs is 1. The number of piperidine rings is 2. The molecule has 1 aromatic carbocycles. The van der Waals surface area contributed by atoms with E-state index in [-0.39, 0.29) is 10.9 Å². The Kier molecular flexibility index (Phi) is 8.85. The summed E-state index contributed by atoms with van der Waals surface area (Å²) in [5.41, 5.74) is 0.612. The van der Waals surface area contributed by atoms with Crippen LogP contribution >= 0.6 is 0 Å². The molecule has 2 amide bonds. The highest BCUT2D eigenvalue weighted by molar-refractivity contribution is 7.90. The predicted molar refractivity (Wildman–Crippen MR) is 134 cm³/mol. The van der Waals surface area contributed by atoms with Gasteiger partial charge in [-0.2, -0.15) is 0 Å². The summed E-state index contributed by atoms with van der Waals surface area (Å²) in [6, 6.07) is 6.62. The number of benzene rings is 1. The highest BCUT2D eigenvalue weighted by Crippen LogP contribution is 2.26. The van der Waals surface area contributed by atoms with E-state index in [2.05, 4.69) is 15.1 Å². The van der Waals surface area contributed by atoms with Crippen molar-refractivity contribution in [3.63, 3.8) is 0 Å². The largest absolute Gasteiger partial charge is 0.381 e. The third-order valence-corrected chi connectivity index (χ3v) is 8.52. The average Bonchev–Trinajstić information content (AvgIpc) is 2.84. The molecule has 190 valence electrons. The van der Waals surface area contributed by atoms with Gasteiger partial charge in [0.15, 0.2) is 9.84 Å². The van der Waals surface area contributed by atoms with Gasteiger partial charge in [-0.3, -0.25) is 4.90 Å². The summed E-state index contributed by atoms with van der Waals surface area (Å²) in [5, 5.41) is 2.91. The van der Waals surface area contributed by atoms with Crippen LogP contribution in [0.15, 0.2) is 29.2 Å². The number of rotatable bonds is 8. The minimum atomic E-state index is -3.24. The van der Waals surface area contributed by atoms with Crippen molar-refractivity contribution < 1.29 is 17.9 Å². The smallest absolute Gasteiger partial charge is 0.321 e.